The van der Waals surface area contributed by atoms with E-state index in [1.807, 2.05) is 20.1 Å². The van der Waals surface area contributed by atoms with Gasteiger partial charge in [0.25, 0.3) is 0 Å². The Labute approximate surface area is 162 Å². The molecular weight excluding hydrogens is 354 g/mol. The highest BCUT2D eigenvalue weighted by molar-refractivity contribution is 7.93. The maximum Gasteiger partial charge on any atom is 0.222 e. The van der Waals surface area contributed by atoms with Crippen LogP contribution in [-0.4, -0.2) is 57.0 Å². The van der Waals surface area contributed by atoms with Crippen LogP contribution in [-0.2, 0) is 23.2 Å². The Hall–Kier alpha value is -0.630. The Balaban J connectivity index is 1.99. The molecule has 0 saturated heterocycles. The van der Waals surface area contributed by atoms with E-state index in [1.165, 1.54) is 12.0 Å². The summed E-state index contributed by atoms with van der Waals surface area (Å²) >= 11 is 1.32. The molecule has 26 heavy (non-hydrogen) atoms. The molecule has 0 aromatic heterocycles. The van der Waals surface area contributed by atoms with Crippen molar-refractivity contribution in [2.45, 2.75) is 58.4 Å². The van der Waals surface area contributed by atoms with Gasteiger partial charge in [0, 0.05) is 31.1 Å². The van der Waals surface area contributed by atoms with Gasteiger partial charge in [-0.1, -0.05) is 13.8 Å². The van der Waals surface area contributed by atoms with Crippen molar-refractivity contribution in [2.24, 2.45) is 11.8 Å². The number of Topliss-reactive ketones (excluding diaryl/α,β-unsaturated/α-hetero) is 1. The minimum Gasteiger partial charge on any atom is -0.379 e. The SMILES string of the molecule is CSOCCOCCOCCC(=O)NC1CCC(CC(=O)C(C)C)CC1. The zero-order valence-electron chi connectivity index (χ0n) is 16.5. The van der Waals surface area contributed by atoms with Crippen molar-refractivity contribution in [3.63, 3.8) is 0 Å². The molecule has 0 heterocycles. The Morgan fingerprint density at radius 2 is 1.62 bits per heavy atom. The third kappa shape index (κ3) is 11.2. The summed E-state index contributed by atoms with van der Waals surface area (Å²) in [4.78, 5) is 23.8. The van der Waals surface area contributed by atoms with Gasteiger partial charge >= 0.3 is 0 Å². The van der Waals surface area contributed by atoms with Crippen LogP contribution in [0.3, 0.4) is 0 Å². The van der Waals surface area contributed by atoms with Crippen molar-refractivity contribution in [3.05, 3.63) is 0 Å². The number of nitrogens with one attached hydrogen (secondary N) is 1. The topological polar surface area (TPSA) is 73.9 Å². The van der Waals surface area contributed by atoms with Gasteiger partial charge < -0.3 is 19.0 Å². The third-order valence-electron chi connectivity index (χ3n) is 4.62. The maximum atomic E-state index is 12.0. The first-order valence-corrected chi connectivity index (χ1v) is 10.8. The zero-order chi connectivity index (χ0) is 19.2. The second-order valence-corrected chi connectivity index (χ2v) is 7.64. The van der Waals surface area contributed by atoms with Crippen molar-refractivity contribution >= 4 is 23.7 Å². The summed E-state index contributed by atoms with van der Waals surface area (Å²) in [5, 5.41) is 3.09. The summed E-state index contributed by atoms with van der Waals surface area (Å²) in [6.45, 7) is 6.45. The lowest BCUT2D eigenvalue weighted by Gasteiger charge is -2.29. The summed E-state index contributed by atoms with van der Waals surface area (Å²) in [6, 6.07) is 0.243. The maximum absolute atomic E-state index is 12.0. The van der Waals surface area contributed by atoms with Crippen molar-refractivity contribution in [1.29, 1.82) is 0 Å². The summed E-state index contributed by atoms with van der Waals surface area (Å²) in [6.07, 6.45) is 6.92. The Morgan fingerprint density at radius 1 is 1.00 bits per heavy atom. The quantitative estimate of drug-likeness (QED) is 0.364. The largest absolute Gasteiger partial charge is 0.379 e. The summed E-state index contributed by atoms with van der Waals surface area (Å²) in [5.74, 6) is 1.01. The van der Waals surface area contributed by atoms with E-state index in [2.05, 4.69) is 5.32 Å². The first kappa shape index (κ1) is 23.4. The number of carbonyl (C=O) groups excluding carboxylic acids is 2. The third-order valence-corrected chi connectivity index (χ3v) is 5.02. The molecule has 152 valence electrons. The van der Waals surface area contributed by atoms with Gasteiger partial charge in [-0.25, -0.2) is 0 Å². The van der Waals surface area contributed by atoms with E-state index in [0.29, 0.717) is 57.6 Å². The molecule has 0 atom stereocenters. The molecule has 1 N–H and O–H groups in total. The van der Waals surface area contributed by atoms with Crippen LogP contribution in [0.15, 0.2) is 0 Å². The molecule has 1 aliphatic carbocycles. The van der Waals surface area contributed by atoms with Crippen LogP contribution in [0.1, 0.15) is 52.4 Å². The van der Waals surface area contributed by atoms with Crippen LogP contribution in [0.4, 0.5) is 0 Å². The molecule has 0 aliphatic heterocycles. The standard InChI is InChI=1S/C19H35NO5S/c1-15(2)18(21)14-16-4-6-17(7-5-16)20-19(22)8-9-23-10-11-24-12-13-25-26-3/h15-17H,4-14H2,1-3H3,(H,20,22). The monoisotopic (exact) mass is 389 g/mol. The highest BCUT2D eigenvalue weighted by atomic mass is 32.2. The van der Waals surface area contributed by atoms with Crippen LogP contribution in [0.2, 0.25) is 0 Å². The first-order chi connectivity index (χ1) is 12.5. The lowest BCUT2D eigenvalue weighted by Crippen LogP contribution is -2.38. The van der Waals surface area contributed by atoms with Gasteiger partial charge in [-0.05, 0) is 43.6 Å². The zero-order valence-corrected chi connectivity index (χ0v) is 17.3. The molecule has 0 radical (unpaired) electrons. The smallest absolute Gasteiger partial charge is 0.222 e. The van der Waals surface area contributed by atoms with Crippen molar-refractivity contribution < 1.29 is 23.2 Å². The number of rotatable bonds is 14. The lowest BCUT2D eigenvalue weighted by molar-refractivity contribution is -0.124. The second-order valence-electron chi connectivity index (χ2n) is 7.07. The van der Waals surface area contributed by atoms with E-state index in [-0.39, 0.29) is 17.9 Å². The predicted octanol–water partition coefficient (Wildman–Crippen LogP) is 2.99. The number of amides is 1. The van der Waals surface area contributed by atoms with Crippen molar-refractivity contribution in [2.75, 3.05) is 39.3 Å². The minimum atomic E-state index is 0.0426. The van der Waals surface area contributed by atoms with Crippen LogP contribution in [0.5, 0.6) is 0 Å². The van der Waals surface area contributed by atoms with E-state index in [4.69, 9.17) is 13.7 Å². The van der Waals surface area contributed by atoms with Crippen LogP contribution < -0.4 is 5.32 Å². The fourth-order valence-electron chi connectivity index (χ4n) is 2.99. The van der Waals surface area contributed by atoms with Gasteiger partial charge in [0.2, 0.25) is 5.91 Å². The summed E-state index contributed by atoms with van der Waals surface area (Å²) < 4.78 is 15.8. The molecule has 0 spiro atoms. The van der Waals surface area contributed by atoms with E-state index in [0.717, 1.165) is 25.7 Å². The fourth-order valence-corrected chi connectivity index (χ4v) is 3.23. The van der Waals surface area contributed by atoms with Crippen LogP contribution >= 0.6 is 12.0 Å². The average molecular weight is 390 g/mol. The molecule has 1 rings (SSSR count). The van der Waals surface area contributed by atoms with Gasteiger partial charge in [-0.3, -0.25) is 9.59 Å². The van der Waals surface area contributed by atoms with Gasteiger partial charge in [0.05, 0.1) is 33.0 Å². The second kappa shape index (κ2) is 14.4. The van der Waals surface area contributed by atoms with E-state index >= 15 is 0 Å². The van der Waals surface area contributed by atoms with Gasteiger partial charge in [0.1, 0.15) is 5.78 Å². The number of hydrogen-bond donors (Lipinski definition) is 1. The van der Waals surface area contributed by atoms with Crippen molar-refractivity contribution in [1.82, 2.24) is 5.32 Å². The molecule has 1 amide bonds. The Kier molecular flexibility index (Phi) is 13.0. The number of carbonyl (C=O) groups is 2. The van der Waals surface area contributed by atoms with Crippen molar-refractivity contribution in [3.8, 4) is 0 Å². The summed E-state index contributed by atoms with van der Waals surface area (Å²) in [7, 11) is 0. The minimum absolute atomic E-state index is 0.0426. The predicted molar refractivity (Wildman–Crippen MR) is 104 cm³/mol. The van der Waals surface area contributed by atoms with Gasteiger partial charge in [-0.15, -0.1) is 0 Å². The summed E-state index contributed by atoms with van der Waals surface area (Å²) in [5.41, 5.74) is 0. The molecule has 0 aromatic rings. The molecule has 1 aliphatic rings. The highest BCUT2D eigenvalue weighted by Gasteiger charge is 2.24. The lowest BCUT2D eigenvalue weighted by atomic mass is 9.82. The van der Waals surface area contributed by atoms with Gasteiger partial charge in [-0.2, -0.15) is 0 Å². The first-order valence-electron chi connectivity index (χ1n) is 9.66. The number of hydrogen-bond acceptors (Lipinski definition) is 6. The molecule has 0 bridgehead atoms. The van der Waals surface area contributed by atoms with E-state index in [1.54, 1.807) is 0 Å². The van der Waals surface area contributed by atoms with Crippen LogP contribution in [0.25, 0.3) is 0 Å². The molecule has 0 unspecified atom stereocenters. The normalized spacial score (nSPS) is 20.3. The highest BCUT2D eigenvalue weighted by Crippen LogP contribution is 2.28. The molecule has 1 saturated carbocycles. The Morgan fingerprint density at radius 3 is 2.23 bits per heavy atom. The van der Waals surface area contributed by atoms with E-state index in [9.17, 15) is 9.59 Å². The van der Waals surface area contributed by atoms with Crippen LogP contribution in [0, 0.1) is 11.8 Å². The molecule has 1 fully saturated rings. The van der Waals surface area contributed by atoms with E-state index < -0.39 is 0 Å². The number of ether oxygens (including phenoxy) is 2. The average Bonchev–Trinajstić information content (AvgIpc) is 2.62. The molecule has 7 heteroatoms. The molecule has 0 aromatic carbocycles. The van der Waals surface area contributed by atoms with Gasteiger partial charge in [0.15, 0.2) is 0 Å². The molecular formula is C19H35NO5S. The molecule has 6 nitrogen and oxygen atoms in total. The fraction of sp³-hybridized carbons (Fsp3) is 0.895. The Bertz CT molecular complexity index is 397. The number of ketones is 1.